The van der Waals surface area contributed by atoms with Gasteiger partial charge in [0.2, 0.25) is 0 Å². The zero-order valence-electron chi connectivity index (χ0n) is 11.2. The summed E-state index contributed by atoms with van der Waals surface area (Å²) in [6.07, 6.45) is 6.37. The molecule has 0 unspecified atom stereocenters. The van der Waals surface area contributed by atoms with Gasteiger partial charge in [-0.05, 0) is 25.5 Å². The lowest BCUT2D eigenvalue weighted by Gasteiger charge is -2.33. The van der Waals surface area contributed by atoms with E-state index in [1.165, 1.54) is 43.9 Å². The Morgan fingerprint density at radius 1 is 1.28 bits per heavy atom. The summed E-state index contributed by atoms with van der Waals surface area (Å²) in [7, 11) is 0. The lowest BCUT2D eigenvalue weighted by atomic mass is 9.94. The summed E-state index contributed by atoms with van der Waals surface area (Å²) in [5.74, 6) is 0.891. The number of thiol groups is 1. The Morgan fingerprint density at radius 3 is 2.17 bits per heavy atom. The second kappa shape index (κ2) is 10.6. The van der Waals surface area contributed by atoms with Gasteiger partial charge in [0.15, 0.2) is 0 Å². The van der Waals surface area contributed by atoms with Gasteiger partial charge >= 0.3 is 0 Å². The molecule has 2 amide bonds. The van der Waals surface area contributed by atoms with Crippen molar-refractivity contribution in [1.82, 2.24) is 4.90 Å². The molecule has 0 aromatic carbocycles. The van der Waals surface area contributed by atoms with E-state index in [-0.39, 0.29) is 5.24 Å². The fraction of sp³-hybridized carbons (Fsp3) is 0.833. The van der Waals surface area contributed by atoms with E-state index in [9.17, 15) is 4.79 Å². The van der Waals surface area contributed by atoms with Crippen LogP contribution in [0.5, 0.6) is 0 Å². The minimum Gasteiger partial charge on any atom is -0.361 e. The molecule has 6 heteroatoms. The molecule has 1 aliphatic carbocycles. The van der Waals surface area contributed by atoms with E-state index < -0.39 is 5.24 Å². The Bertz CT molecular complexity index is 252. The highest BCUT2D eigenvalue weighted by atomic mass is 32.2. The second-order valence-electron chi connectivity index (χ2n) is 4.12. The molecule has 18 heavy (non-hydrogen) atoms. The predicted molar refractivity (Wildman–Crippen MR) is 81.4 cm³/mol. The number of primary amides is 1. The molecular formula is C12H24N2O2S2. The van der Waals surface area contributed by atoms with Crippen LogP contribution in [0, 0.1) is 0 Å². The fourth-order valence-corrected chi connectivity index (χ4v) is 2.83. The molecule has 1 aliphatic rings. The van der Waals surface area contributed by atoms with Crippen LogP contribution in [0.1, 0.15) is 46.0 Å². The topological polar surface area (TPSA) is 63.4 Å². The van der Waals surface area contributed by atoms with Gasteiger partial charge in [-0.25, -0.2) is 0 Å². The van der Waals surface area contributed by atoms with Crippen molar-refractivity contribution in [2.24, 2.45) is 5.73 Å². The SMILES string of the molecule is CCSC(=O)N(CC)C1CCCCC1.NC(=O)S. The van der Waals surface area contributed by atoms with Crippen molar-refractivity contribution in [3.63, 3.8) is 0 Å². The first kappa shape index (κ1) is 17.6. The van der Waals surface area contributed by atoms with Gasteiger partial charge in [0.05, 0.1) is 0 Å². The normalized spacial score (nSPS) is 15.5. The molecule has 0 atom stereocenters. The van der Waals surface area contributed by atoms with E-state index in [1.54, 1.807) is 0 Å². The van der Waals surface area contributed by atoms with Crippen molar-refractivity contribution < 1.29 is 9.59 Å². The average Bonchev–Trinajstić information content (AvgIpc) is 2.31. The van der Waals surface area contributed by atoms with E-state index >= 15 is 0 Å². The summed E-state index contributed by atoms with van der Waals surface area (Å²) in [6.45, 7) is 5.00. The van der Waals surface area contributed by atoms with Crippen molar-refractivity contribution >= 4 is 34.9 Å². The van der Waals surface area contributed by atoms with Crippen molar-refractivity contribution in [1.29, 1.82) is 0 Å². The van der Waals surface area contributed by atoms with Gasteiger partial charge < -0.3 is 10.6 Å². The van der Waals surface area contributed by atoms with Gasteiger partial charge in [0, 0.05) is 12.6 Å². The summed E-state index contributed by atoms with van der Waals surface area (Å²) >= 11 is 4.55. The molecule has 106 valence electrons. The van der Waals surface area contributed by atoms with E-state index in [0.29, 0.717) is 6.04 Å². The first-order valence-electron chi connectivity index (χ1n) is 6.44. The maximum absolute atomic E-state index is 11.8. The molecule has 0 spiro atoms. The van der Waals surface area contributed by atoms with Crippen LogP contribution in [0.4, 0.5) is 9.59 Å². The maximum atomic E-state index is 11.8. The average molecular weight is 292 g/mol. The van der Waals surface area contributed by atoms with Crippen LogP contribution in [-0.2, 0) is 0 Å². The summed E-state index contributed by atoms with van der Waals surface area (Å²) in [5.41, 5.74) is 4.34. The summed E-state index contributed by atoms with van der Waals surface area (Å²) in [4.78, 5) is 22.9. The Hall–Kier alpha value is -0.360. The molecule has 0 saturated heterocycles. The molecule has 0 radical (unpaired) electrons. The highest BCUT2D eigenvalue weighted by Gasteiger charge is 2.23. The summed E-state index contributed by atoms with van der Waals surface area (Å²) in [5, 5.41) is -0.359. The number of nitrogens with two attached hydrogens (primary N) is 1. The molecule has 1 saturated carbocycles. The molecule has 1 fully saturated rings. The van der Waals surface area contributed by atoms with Gasteiger partial charge in [-0.2, -0.15) is 0 Å². The third-order valence-corrected chi connectivity index (χ3v) is 3.63. The van der Waals surface area contributed by atoms with Crippen LogP contribution in [0.3, 0.4) is 0 Å². The molecule has 1 rings (SSSR count). The standard InChI is InChI=1S/C11H21NOS.CH3NOS/c1-3-12(11(13)14-4-2)10-8-6-5-7-9-10;2-1(3)4/h10H,3-9H2,1-2H3;(H3,2,3,4). The molecule has 0 heterocycles. The Kier molecular flexibility index (Phi) is 10.3. The van der Waals surface area contributed by atoms with Crippen molar-refractivity contribution in [3.05, 3.63) is 0 Å². The van der Waals surface area contributed by atoms with Crippen LogP contribution in [0.2, 0.25) is 0 Å². The molecule has 4 nitrogen and oxygen atoms in total. The van der Waals surface area contributed by atoms with E-state index in [2.05, 4.69) is 30.2 Å². The van der Waals surface area contributed by atoms with E-state index in [4.69, 9.17) is 4.79 Å². The maximum Gasteiger partial charge on any atom is 0.281 e. The number of thioether (sulfide) groups is 1. The summed E-state index contributed by atoms with van der Waals surface area (Å²) in [6, 6.07) is 0.528. The second-order valence-corrected chi connectivity index (χ2v) is 5.77. The number of amides is 2. The highest BCUT2D eigenvalue weighted by Crippen LogP contribution is 2.24. The molecule has 0 bridgehead atoms. The molecular weight excluding hydrogens is 268 g/mol. The van der Waals surface area contributed by atoms with Crippen molar-refractivity contribution in [3.8, 4) is 0 Å². The smallest absolute Gasteiger partial charge is 0.281 e. The zero-order valence-corrected chi connectivity index (χ0v) is 12.9. The Morgan fingerprint density at radius 2 is 1.78 bits per heavy atom. The predicted octanol–water partition coefficient (Wildman–Crippen LogP) is 3.51. The monoisotopic (exact) mass is 292 g/mol. The number of hydrogen-bond donors (Lipinski definition) is 2. The van der Waals surface area contributed by atoms with Gasteiger partial charge in [0.1, 0.15) is 0 Å². The molecule has 0 aromatic rings. The van der Waals surface area contributed by atoms with Crippen LogP contribution in [0.15, 0.2) is 0 Å². The van der Waals surface area contributed by atoms with E-state index in [1.807, 2.05) is 6.92 Å². The summed E-state index contributed by atoms with van der Waals surface area (Å²) < 4.78 is 0. The van der Waals surface area contributed by atoms with Crippen molar-refractivity contribution in [2.75, 3.05) is 12.3 Å². The largest absolute Gasteiger partial charge is 0.361 e. The highest BCUT2D eigenvalue weighted by molar-refractivity contribution is 8.13. The van der Waals surface area contributed by atoms with Gasteiger partial charge in [0.25, 0.3) is 10.5 Å². The van der Waals surface area contributed by atoms with Crippen LogP contribution in [-0.4, -0.2) is 33.7 Å². The first-order chi connectivity index (χ1) is 8.52. The first-order valence-corrected chi connectivity index (χ1v) is 7.87. The number of carbonyl (C=O) groups is 2. The number of nitrogens with zero attached hydrogens (tertiary/aromatic N) is 1. The lowest BCUT2D eigenvalue weighted by Crippen LogP contribution is -2.39. The Balaban J connectivity index is 0.000000631. The Labute approximate surface area is 119 Å². The van der Waals surface area contributed by atoms with Crippen LogP contribution in [0.25, 0.3) is 0 Å². The molecule has 0 aliphatic heterocycles. The van der Waals surface area contributed by atoms with Gasteiger partial charge in [-0.15, -0.1) is 0 Å². The lowest BCUT2D eigenvalue weighted by molar-refractivity contribution is 0.182. The molecule has 2 N–H and O–H groups in total. The number of carbonyl (C=O) groups excluding carboxylic acids is 2. The number of hydrogen-bond acceptors (Lipinski definition) is 3. The number of rotatable bonds is 3. The van der Waals surface area contributed by atoms with Crippen molar-refractivity contribution in [2.45, 2.75) is 52.0 Å². The minimum atomic E-state index is -0.639. The van der Waals surface area contributed by atoms with E-state index in [0.717, 1.165) is 12.3 Å². The van der Waals surface area contributed by atoms with Crippen LogP contribution >= 0.6 is 24.4 Å². The fourth-order valence-electron chi connectivity index (χ4n) is 2.14. The third kappa shape index (κ3) is 7.87. The minimum absolute atomic E-state index is 0.280. The van der Waals surface area contributed by atoms with Gasteiger partial charge in [-0.3, -0.25) is 9.59 Å². The quantitative estimate of drug-likeness (QED) is 0.782. The van der Waals surface area contributed by atoms with Gasteiger partial charge in [-0.1, -0.05) is 50.6 Å². The molecule has 0 aromatic heterocycles. The van der Waals surface area contributed by atoms with Crippen LogP contribution < -0.4 is 5.73 Å². The third-order valence-electron chi connectivity index (χ3n) is 2.86. The zero-order chi connectivity index (χ0) is 14.0.